The molecule has 0 aliphatic carbocycles. The van der Waals surface area contributed by atoms with Crippen molar-refractivity contribution in [3.8, 4) is 10.6 Å². The molecule has 39 heavy (non-hydrogen) atoms. The number of anilines is 2. The predicted octanol–water partition coefficient (Wildman–Crippen LogP) is 3.86. The molecule has 200 valence electrons. The first-order chi connectivity index (χ1) is 18.7. The van der Waals surface area contributed by atoms with Gasteiger partial charge in [-0.25, -0.2) is 31.8 Å². The van der Waals surface area contributed by atoms with Gasteiger partial charge in [0.15, 0.2) is 0 Å². The Morgan fingerprint density at radius 2 is 1.59 bits per heavy atom. The van der Waals surface area contributed by atoms with Crippen molar-refractivity contribution in [1.82, 2.24) is 25.3 Å². The van der Waals surface area contributed by atoms with Gasteiger partial charge in [0.25, 0.3) is 0 Å². The van der Waals surface area contributed by atoms with Crippen LogP contribution < -0.4 is 10.6 Å². The van der Waals surface area contributed by atoms with E-state index in [2.05, 4.69) is 30.6 Å². The van der Waals surface area contributed by atoms with Crippen LogP contribution >= 0.6 is 11.3 Å². The van der Waals surface area contributed by atoms with E-state index in [-0.39, 0.29) is 15.5 Å². The lowest BCUT2D eigenvalue weighted by atomic mass is 10.2. The van der Waals surface area contributed by atoms with Crippen molar-refractivity contribution in [2.45, 2.75) is 16.3 Å². The summed E-state index contributed by atoms with van der Waals surface area (Å²) in [5.41, 5.74) is 2.01. The zero-order valence-electron chi connectivity index (χ0n) is 20.8. The molecule has 3 aromatic heterocycles. The molecule has 0 radical (unpaired) electrons. The summed E-state index contributed by atoms with van der Waals surface area (Å²) in [4.78, 5) is 18.9. The van der Waals surface area contributed by atoms with Crippen LogP contribution in [0.15, 0.2) is 89.2 Å². The molecule has 0 amide bonds. The lowest BCUT2D eigenvalue weighted by Crippen LogP contribution is -2.21. The molecule has 0 atom stereocenters. The fourth-order valence-corrected chi connectivity index (χ4v) is 6.40. The van der Waals surface area contributed by atoms with E-state index in [4.69, 9.17) is 0 Å². The molecule has 5 rings (SSSR count). The molecule has 3 heterocycles. The van der Waals surface area contributed by atoms with E-state index in [9.17, 15) is 16.8 Å². The highest BCUT2D eigenvalue weighted by molar-refractivity contribution is 7.91. The Hall–Kier alpha value is -3.78. The third kappa shape index (κ3) is 6.45. The number of rotatable bonds is 10. The van der Waals surface area contributed by atoms with E-state index < -0.39 is 19.7 Å². The Morgan fingerprint density at radius 3 is 2.33 bits per heavy atom. The monoisotopic (exact) mass is 580 g/mol. The molecular formula is C26H24N6O4S3. The van der Waals surface area contributed by atoms with Gasteiger partial charge >= 0.3 is 0 Å². The highest BCUT2D eigenvalue weighted by atomic mass is 32.2. The molecule has 0 saturated heterocycles. The fraction of sp³-hybridized carbons (Fsp3) is 0.154. The van der Waals surface area contributed by atoms with Crippen molar-refractivity contribution in [3.63, 3.8) is 0 Å². The van der Waals surface area contributed by atoms with Gasteiger partial charge in [-0.3, -0.25) is 4.98 Å². The maximum absolute atomic E-state index is 12.9. The zero-order valence-corrected chi connectivity index (χ0v) is 23.2. The van der Waals surface area contributed by atoms with E-state index in [1.165, 1.54) is 23.9 Å². The van der Waals surface area contributed by atoms with Crippen LogP contribution in [-0.2, 0) is 26.2 Å². The fourth-order valence-electron chi connectivity index (χ4n) is 3.75. The number of thiazole rings is 1. The molecule has 0 fully saturated rings. The summed E-state index contributed by atoms with van der Waals surface area (Å²) in [6.45, 7) is 0.813. The summed E-state index contributed by atoms with van der Waals surface area (Å²) in [5, 5.41) is 7.90. The average Bonchev–Trinajstić information content (AvgIpc) is 3.40. The summed E-state index contributed by atoms with van der Waals surface area (Å²) < 4.78 is 48.3. The van der Waals surface area contributed by atoms with Crippen LogP contribution in [-0.4, -0.2) is 55.3 Å². The average molecular weight is 581 g/mol. The van der Waals surface area contributed by atoms with Crippen molar-refractivity contribution in [1.29, 1.82) is 0 Å². The SMILES string of the molecule is CS(=O)(=O)CCNCc1ncc(-c2cc3c(Nc4ccc(S(=O)(=O)c5ccccc5)cc4)ncnc3cn2)s1. The van der Waals surface area contributed by atoms with Gasteiger partial charge in [-0.15, -0.1) is 11.3 Å². The lowest BCUT2D eigenvalue weighted by molar-refractivity contribution is 0.594. The van der Waals surface area contributed by atoms with Crippen molar-refractivity contribution in [2.24, 2.45) is 0 Å². The van der Waals surface area contributed by atoms with Crippen LogP contribution in [0.4, 0.5) is 11.5 Å². The number of hydrogen-bond donors (Lipinski definition) is 2. The number of hydrogen-bond acceptors (Lipinski definition) is 11. The normalized spacial score (nSPS) is 12.0. The number of pyridine rings is 1. The summed E-state index contributed by atoms with van der Waals surface area (Å²) in [7, 11) is -6.63. The highest BCUT2D eigenvalue weighted by Gasteiger charge is 2.17. The Labute approximate surface area is 230 Å². The van der Waals surface area contributed by atoms with Crippen LogP contribution in [0, 0.1) is 0 Å². The Kier molecular flexibility index (Phi) is 7.66. The van der Waals surface area contributed by atoms with Gasteiger partial charge in [0.2, 0.25) is 9.84 Å². The van der Waals surface area contributed by atoms with Crippen LogP contribution in [0.25, 0.3) is 21.5 Å². The van der Waals surface area contributed by atoms with Crippen LogP contribution in [0.1, 0.15) is 5.01 Å². The standard InChI is InChI=1S/C26H24N6O4S3/c1-38(33,34)12-11-27-16-25-29-15-24(37-25)22-13-21-23(14-28-22)30-17-31-26(21)32-18-7-9-20(10-8-18)39(35,36)19-5-3-2-4-6-19/h2-10,13-15,17,27H,11-12,16H2,1H3,(H,30,31,32). The van der Waals surface area contributed by atoms with Gasteiger partial charge in [0.1, 0.15) is 27.0 Å². The van der Waals surface area contributed by atoms with E-state index >= 15 is 0 Å². The Morgan fingerprint density at radius 1 is 0.846 bits per heavy atom. The van der Waals surface area contributed by atoms with Gasteiger partial charge in [-0.2, -0.15) is 0 Å². The zero-order chi connectivity index (χ0) is 27.5. The van der Waals surface area contributed by atoms with Crippen molar-refractivity contribution in [2.75, 3.05) is 23.9 Å². The first-order valence-electron chi connectivity index (χ1n) is 11.8. The molecule has 0 aliphatic heterocycles. The molecule has 10 nitrogen and oxygen atoms in total. The van der Waals surface area contributed by atoms with Crippen LogP contribution in [0.3, 0.4) is 0 Å². The molecule has 13 heteroatoms. The van der Waals surface area contributed by atoms with Crippen molar-refractivity contribution < 1.29 is 16.8 Å². The molecular weight excluding hydrogens is 557 g/mol. The topological polar surface area (TPSA) is 144 Å². The van der Waals surface area contributed by atoms with Crippen molar-refractivity contribution in [3.05, 3.63) is 84.4 Å². The number of nitrogens with one attached hydrogen (secondary N) is 2. The quantitative estimate of drug-likeness (QED) is 0.234. The molecule has 0 bridgehead atoms. The van der Waals surface area contributed by atoms with Crippen LogP contribution in [0.5, 0.6) is 0 Å². The molecule has 2 N–H and O–H groups in total. The predicted molar refractivity (Wildman–Crippen MR) is 151 cm³/mol. The largest absolute Gasteiger partial charge is 0.340 e. The minimum Gasteiger partial charge on any atom is -0.340 e. The van der Waals surface area contributed by atoms with E-state index in [0.29, 0.717) is 35.8 Å². The number of benzene rings is 2. The lowest BCUT2D eigenvalue weighted by Gasteiger charge is -2.10. The maximum Gasteiger partial charge on any atom is 0.206 e. The summed E-state index contributed by atoms with van der Waals surface area (Å²) in [6.07, 6.45) is 6.04. The molecule has 5 aromatic rings. The van der Waals surface area contributed by atoms with Crippen molar-refractivity contribution >= 4 is 53.4 Å². The molecule has 2 aromatic carbocycles. The number of fused-ring (bicyclic) bond motifs is 1. The minimum absolute atomic E-state index is 0.0683. The summed E-state index contributed by atoms with van der Waals surface area (Å²) >= 11 is 1.46. The first-order valence-corrected chi connectivity index (χ1v) is 16.2. The van der Waals surface area contributed by atoms with Crippen LogP contribution in [0.2, 0.25) is 0 Å². The van der Waals surface area contributed by atoms with E-state index in [0.717, 1.165) is 15.3 Å². The molecule has 0 spiro atoms. The number of sulfone groups is 2. The van der Waals surface area contributed by atoms with Gasteiger partial charge in [-0.1, -0.05) is 18.2 Å². The van der Waals surface area contributed by atoms with Gasteiger partial charge < -0.3 is 10.6 Å². The second kappa shape index (κ2) is 11.1. The first kappa shape index (κ1) is 26.8. The van der Waals surface area contributed by atoms with Gasteiger partial charge in [0.05, 0.1) is 37.8 Å². The van der Waals surface area contributed by atoms with Gasteiger partial charge in [0, 0.05) is 36.6 Å². The highest BCUT2D eigenvalue weighted by Crippen LogP contribution is 2.30. The molecule has 0 aliphatic rings. The Balaban J connectivity index is 1.34. The minimum atomic E-state index is -3.61. The summed E-state index contributed by atoms with van der Waals surface area (Å²) in [5.74, 6) is 0.619. The van der Waals surface area contributed by atoms with E-state index in [1.807, 2.05) is 6.07 Å². The Bertz CT molecular complexity index is 1830. The number of aromatic nitrogens is 4. The number of nitrogens with zero attached hydrogens (tertiary/aromatic N) is 4. The molecule has 0 saturated carbocycles. The maximum atomic E-state index is 12.9. The van der Waals surface area contributed by atoms with Gasteiger partial charge in [-0.05, 0) is 42.5 Å². The molecule has 0 unspecified atom stereocenters. The second-order valence-corrected chi connectivity index (χ2v) is 14.0. The van der Waals surface area contributed by atoms with E-state index in [1.54, 1.807) is 67.0 Å². The summed E-state index contributed by atoms with van der Waals surface area (Å²) in [6, 6.07) is 16.7. The smallest absolute Gasteiger partial charge is 0.206 e. The third-order valence-electron chi connectivity index (χ3n) is 5.73. The third-order valence-corrected chi connectivity index (χ3v) is 9.49. The second-order valence-electron chi connectivity index (χ2n) is 8.70.